The predicted molar refractivity (Wildman–Crippen MR) is 87.0 cm³/mol. The first-order valence-corrected chi connectivity index (χ1v) is 7.03. The molecule has 22 heavy (non-hydrogen) atoms. The zero-order valence-electron chi connectivity index (χ0n) is 12.0. The molecule has 2 aromatic carbocycles. The van der Waals surface area contributed by atoms with Gasteiger partial charge in [0.1, 0.15) is 0 Å². The Balaban J connectivity index is 2.04. The highest BCUT2D eigenvalue weighted by Gasteiger charge is 2.08. The minimum absolute atomic E-state index is 0.208. The summed E-state index contributed by atoms with van der Waals surface area (Å²) >= 11 is 5.89. The summed E-state index contributed by atoms with van der Waals surface area (Å²) < 4.78 is 0. The van der Waals surface area contributed by atoms with Crippen molar-refractivity contribution in [1.82, 2.24) is 5.32 Å². The highest BCUT2D eigenvalue weighted by molar-refractivity contribution is 6.30. The number of primary amides is 1. The van der Waals surface area contributed by atoms with E-state index in [1.54, 1.807) is 42.5 Å². The van der Waals surface area contributed by atoms with Gasteiger partial charge < -0.3 is 16.4 Å². The van der Waals surface area contributed by atoms with E-state index in [4.69, 9.17) is 17.3 Å². The van der Waals surface area contributed by atoms with Crippen LogP contribution in [0.4, 0.5) is 10.5 Å². The van der Waals surface area contributed by atoms with E-state index in [9.17, 15) is 9.59 Å². The first-order chi connectivity index (χ1) is 10.5. The molecule has 0 fully saturated rings. The summed E-state index contributed by atoms with van der Waals surface area (Å²) in [5.41, 5.74) is 8.00. The number of hydrogen-bond donors (Lipinski definition) is 3. The van der Waals surface area contributed by atoms with Gasteiger partial charge in [-0.3, -0.25) is 4.79 Å². The molecule has 0 bridgehead atoms. The molecule has 0 aliphatic rings. The number of nitrogens with one attached hydrogen (secondary N) is 2. The summed E-state index contributed by atoms with van der Waals surface area (Å²) in [6, 6.07) is 11.6. The number of amides is 3. The molecule has 2 aromatic rings. The van der Waals surface area contributed by atoms with E-state index >= 15 is 0 Å². The Labute approximate surface area is 133 Å². The lowest BCUT2D eigenvalue weighted by molar-refractivity contribution is 0.102. The molecule has 0 aromatic heterocycles. The van der Waals surface area contributed by atoms with Gasteiger partial charge in [0.15, 0.2) is 0 Å². The lowest BCUT2D eigenvalue weighted by Gasteiger charge is -2.09. The van der Waals surface area contributed by atoms with Crippen LogP contribution >= 0.6 is 11.6 Å². The molecule has 0 unspecified atom stereocenters. The number of carbonyl (C=O) groups excluding carboxylic acids is 2. The summed E-state index contributed by atoms with van der Waals surface area (Å²) in [6.45, 7) is 2.20. The molecule has 0 atom stereocenters. The fourth-order valence-electron chi connectivity index (χ4n) is 1.92. The van der Waals surface area contributed by atoms with E-state index in [0.717, 1.165) is 11.1 Å². The number of aryl methyl sites for hydroxylation is 1. The van der Waals surface area contributed by atoms with Crippen LogP contribution in [0.25, 0.3) is 0 Å². The zero-order chi connectivity index (χ0) is 16.1. The van der Waals surface area contributed by atoms with E-state index in [-0.39, 0.29) is 5.91 Å². The molecule has 0 saturated heterocycles. The molecule has 0 saturated carbocycles. The van der Waals surface area contributed by atoms with Crippen LogP contribution in [0.3, 0.4) is 0 Å². The van der Waals surface area contributed by atoms with Gasteiger partial charge in [-0.1, -0.05) is 23.7 Å². The number of halogens is 1. The van der Waals surface area contributed by atoms with Gasteiger partial charge in [-0.05, 0) is 48.4 Å². The summed E-state index contributed by atoms with van der Waals surface area (Å²) in [5.74, 6) is -0.208. The van der Waals surface area contributed by atoms with Crippen molar-refractivity contribution in [1.29, 1.82) is 0 Å². The van der Waals surface area contributed by atoms with Gasteiger partial charge in [-0.2, -0.15) is 0 Å². The third kappa shape index (κ3) is 4.23. The topological polar surface area (TPSA) is 84.2 Å². The van der Waals surface area contributed by atoms with Crippen LogP contribution in [-0.4, -0.2) is 11.9 Å². The number of benzene rings is 2. The molecule has 0 spiro atoms. The average molecular weight is 318 g/mol. The molecular weight excluding hydrogens is 302 g/mol. The Hall–Kier alpha value is -2.53. The molecule has 6 heteroatoms. The van der Waals surface area contributed by atoms with E-state index in [0.29, 0.717) is 22.8 Å². The van der Waals surface area contributed by atoms with Crippen molar-refractivity contribution in [3.05, 3.63) is 64.2 Å². The normalized spacial score (nSPS) is 10.1. The van der Waals surface area contributed by atoms with Gasteiger partial charge in [-0.25, -0.2) is 4.79 Å². The van der Waals surface area contributed by atoms with Crippen molar-refractivity contribution in [3.8, 4) is 0 Å². The largest absolute Gasteiger partial charge is 0.352 e. The quantitative estimate of drug-likeness (QED) is 0.809. The monoisotopic (exact) mass is 317 g/mol. The van der Waals surface area contributed by atoms with Crippen molar-refractivity contribution in [2.45, 2.75) is 13.5 Å². The maximum absolute atomic E-state index is 12.2. The number of anilines is 1. The Bertz CT molecular complexity index is 699. The SMILES string of the molecule is Cc1cc(Cl)ccc1NC(=O)c1ccc(CNC(N)=O)cc1. The second-order valence-corrected chi connectivity index (χ2v) is 5.26. The maximum atomic E-state index is 12.2. The van der Waals surface area contributed by atoms with Crippen molar-refractivity contribution < 1.29 is 9.59 Å². The summed E-state index contributed by atoms with van der Waals surface area (Å²) in [5, 5.41) is 5.95. The summed E-state index contributed by atoms with van der Waals surface area (Å²) in [4.78, 5) is 22.8. The van der Waals surface area contributed by atoms with Gasteiger partial charge in [0.2, 0.25) is 0 Å². The van der Waals surface area contributed by atoms with Crippen LogP contribution < -0.4 is 16.4 Å². The van der Waals surface area contributed by atoms with Crippen molar-refractivity contribution >= 4 is 29.2 Å². The second kappa shape index (κ2) is 6.95. The van der Waals surface area contributed by atoms with Crippen molar-refractivity contribution in [2.75, 3.05) is 5.32 Å². The fourth-order valence-corrected chi connectivity index (χ4v) is 2.15. The van der Waals surface area contributed by atoms with Crippen LogP contribution in [0.5, 0.6) is 0 Å². The predicted octanol–water partition coefficient (Wildman–Crippen LogP) is 3.07. The fraction of sp³-hybridized carbons (Fsp3) is 0.125. The molecule has 114 valence electrons. The number of rotatable bonds is 4. The van der Waals surface area contributed by atoms with Gasteiger partial charge in [0, 0.05) is 22.8 Å². The van der Waals surface area contributed by atoms with Gasteiger partial charge in [0.05, 0.1) is 0 Å². The Kier molecular flexibility index (Phi) is 5.01. The average Bonchev–Trinajstić information content (AvgIpc) is 2.48. The Morgan fingerprint density at radius 1 is 1.14 bits per heavy atom. The Morgan fingerprint density at radius 3 is 2.41 bits per heavy atom. The smallest absolute Gasteiger partial charge is 0.312 e. The minimum atomic E-state index is -0.583. The molecule has 4 N–H and O–H groups in total. The first-order valence-electron chi connectivity index (χ1n) is 6.65. The molecular formula is C16H16ClN3O2. The second-order valence-electron chi connectivity index (χ2n) is 4.83. The van der Waals surface area contributed by atoms with Crippen LogP contribution in [0.2, 0.25) is 5.02 Å². The molecule has 3 amide bonds. The molecule has 0 aliphatic carbocycles. The van der Waals surface area contributed by atoms with E-state index in [1.807, 2.05) is 6.92 Å². The number of carbonyl (C=O) groups is 2. The van der Waals surface area contributed by atoms with E-state index < -0.39 is 6.03 Å². The lowest BCUT2D eigenvalue weighted by Crippen LogP contribution is -2.28. The number of nitrogens with two attached hydrogens (primary N) is 1. The highest BCUT2D eigenvalue weighted by Crippen LogP contribution is 2.20. The maximum Gasteiger partial charge on any atom is 0.312 e. The van der Waals surface area contributed by atoms with Crippen LogP contribution in [-0.2, 0) is 6.54 Å². The van der Waals surface area contributed by atoms with Crippen LogP contribution in [0.15, 0.2) is 42.5 Å². The molecule has 0 aliphatic heterocycles. The number of hydrogen-bond acceptors (Lipinski definition) is 2. The molecule has 2 rings (SSSR count). The zero-order valence-corrected chi connectivity index (χ0v) is 12.8. The van der Waals surface area contributed by atoms with Crippen LogP contribution in [0, 0.1) is 6.92 Å². The number of urea groups is 1. The van der Waals surface area contributed by atoms with Gasteiger partial charge in [-0.15, -0.1) is 0 Å². The molecule has 5 nitrogen and oxygen atoms in total. The first kappa shape index (κ1) is 15.9. The third-order valence-electron chi connectivity index (χ3n) is 3.12. The third-order valence-corrected chi connectivity index (χ3v) is 3.35. The standard InChI is InChI=1S/C16H16ClN3O2/c1-10-8-13(17)6-7-14(10)20-15(21)12-4-2-11(3-5-12)9-19-16(18)22/h2-8H,9H2,1H3,(H,20,21)(H3,18,19,22). The summed E-state index contributed by atoms with van der Waals surface area (Å²) in [6.07, 6.45) is 0. The van der Waals surface area contributed by atoms with E-state index in [1.165, 1.54) is 0 Å². The lowest BCUT2D eigenvalue weighted by atomic mass is 10.1. The van der Waals surface area contributed by atoms with E-state index in [2.05, 4.69) is 10.6 Å². The molecule has 0 radical (unpaired) electrons. The van der Waals surface area contributed by atoms with Gasteiger partial charge in [0.25, 0.3) is 5.91 Å². The van der Waals surface area contributed by atoms with Crippen molar-refractivity contribution in [2.24, 2.45) is 5.73 Å². The Morgan fingerprint density at radius 2 is 1.82 bits per heavy atom. The molecule has 0 heterocycles. The minimum Gasteiger partial charge on any atom is -0.352 e. The van der Waals surface area contributed by atoms with Gasteiger partial charge >= 0.3 is 6.03 Å². The van der Waals surface area contributed by atoms with Crippen molar-refractivity contribution in [3.63, 3.8) is 0 Å². The van der Waals surface area contributed by atoms with Crippen LogP contribution in [0.1, 0.15) is 21.5 Å². The highest BCUT2D eigenvalue weighted by atomic mass is 35.5. The summed E-state index contributed by atoms with van der Waals surface area (Å²) in [7, 11) is 0.